The maximum Gasteiger partial charge on any atom is 1.00 e. The average Bonchev–Trinajstić information content (AvgIpc) is 2.36. The second kappa shape index (κ2) is 4.82. The van der Waals surface area contributed by atoms with Gasteiger partial charge in [0.2, 0.25) is 0 Å². The van der Waals surface area contributed by atoms with Crippen LogP contribution in [0.2, 0.25) is 0 Å². The van der Waals surface area contributed by atoms with Gasteiger partial charge in [-0.15, -0.1) is 6.42 Å². The van der Waals surface area contributed by atoms with E-state index in [1.807, 2.05) is 0 Å². The Balaban J connectivity index is 0.000001000. The molecule has 0 bridgehead atoms. The summed E-state index contributed by atoms with van der Waals surface area (Å²) in [5.74, 6) is 0. The zero-order valence-corrected chi connectivity index (χ0v) is 7.89. The first-order chi connectivity index (χ1) is 4.72. The van der Waals surface area contributed by atoms with Crippen LogP contribution in [0.3, 0.4) is 0 Å². The smallest absolute Gasteiger partial charge is 0.306 e. The molecule has 11 heavy (non-hydrogen) atoms. The first-order valence-electron chi connectivity index (χ1n) is 3.65. The molecule has 56 valence electrons. The molecule has 0 aliphatic heterocycles. The fourth-order valence-corrected chi connectivity index (χ4v) is 0.987. The van der Waals surface area contributed by atoms with E-state index >= 15 is 0 Å². The van der Waals surface area contributed by atoms with Gasteiger partial charge in [-0.25, -0.2) is 11.6 Å². The van der Waals surface area contributed by atoms with Crippen LogP contribution >= 0.6 is 0 Å². The van der Waals surface area contributed by atoms with Gasteiger partial charge in [0.05, 0.1) is 0 Å². The van der Waals surface area contributed by atoms with E-state index in [4.69, 9.17) is 0 Å². The summed E-state index contributed by atoms with van der Waals surface area (Å²) >= 11 is 0. The largest absolute Gasteiger partial charge is 1.00 e. The Bertz CT molecular complexity index is 170. The molecular weight excluding hydrogens is 129 g/mol. The van der Waals surface area contributed by atoms with Crippen LogP contribution in [0.4, 0.5) is 0 Å². The van der Waals surface area contributed by atoms with E-state index in [0.717, 1.165) is 6.42 Å². The third-order valence-electron chi connectivity index (χ3n) is 1.95. The number of likely N-dealkylation sites (N-methyl/N-ethyl adjacent to an activating group) is 1. The Morgan fingerprint density at radius 2 is 2.18 bits per heavy atom. The quantitative estimate of drug-likeness (QED) is 0.340. The van der Waals surface area contributed by atoms with Crippen LogP contribution in [0, 0.1) is 6.08 Å². The van der Waals surface area contributed by atoms with Crippen LogP contribution in [0.5, 0.6) is 0 Å². The molecule has 0 saturated heterocycles. The number of hydrogen-bond acceptors (Lipinski definition) is 1. The van der Waals surface area contributed by atoms with E-state index in [9.17, 15) is 0 Å². The van der Waals surface area contributed by atoms with Crippen LogP contribution in [0.25, 0.3) is 0 Å². The summed E-state index contributed by atoms with van der Waals surface area (Å²) in [6.45, 7) is 2.19. The van der Waals surface area contributed by atoms with Crippen molar-refractivity contribution >= 4 is 0 Å². The van der Waals surface area contributed by atoms with Gasteiger partial charge in [-0.05, 0) is 27.1 Å². The third-order valence-corrected chi connectivity index (χ3v) is 1.95. The van der Waals surface area contributed by atoms with E-state index in [0.29, 0.717) is 6.04 Å². The third kappa shape index (κ3) is 2.87. The van der Waals surface area contributed by atoms with E-state index in [-0.39, 0.29) is 18.9 Å². The minimum Gasteiger partial charge on any atom is -0.306 e. The summed E-state index contributed by atoms with van der Waals surface area (Å²) < 4.78 is 0. The van der Waals surface area contributed by atoms with Crippen molar-refractivity contribution in [2.45, 2.75) is 19.4 Å². The SMILES string of the molecule is CC(C1=[C-]CC=C1)N(C)C.[Li+]. The van der Waals surface area contributed by atoms with Crippen molar-refractivity contribution in [1.82, 2.24) is 4.90 Å². The molecule has 0 heterocycles. The van der Waals surface area contributed by atoms with Gasteiger partial charge in [0, 0.05) is 0 Å². The van der Waals surface area contributed by atoms with Gasteiger partial charge in [0.15, 0.2) is 0 Å². The van der Waals surface area contributed by atoms with Crippen molar-refractivity contribution in [1.29, 1.82) is 0 Å². The van der Waals surface area contributed by atoms with Crippen molar-refractivity contribution in [2.75, 3.05) is 14.1 Å². The fraction of sp³-hybridized carbons (Fsp3) is 0.556. The van der Waals surface area contributed by atoms with Crippen molar-refractivity contribution in [3.8, 4) is 0 Å². The maximum absolute atomic E-state index is 3.30. The Morgan fingerprint density at radius 3 is 2.55 bits per heavy atom. The first-order valence-corrected chi connectivity index (χ1v) is 3.65. The van der Waals surface area contributed by atoms with Gasteiger partial charge in [0.25, 0.3) is 0 Å². The predicted octanol–water partition coefficient (Wildman–Crippen LogP) is -1.37. The minimum atomic E-state index is 0. The van der Waals surface area contributed by atoms with Crippen molar-refractivity contribution in [2.24, 2.45) is 0 Å². The molecule has 0 N–H and O–H groups in total. The molecule has 1 unspecified atom stereocenters. The monoisotopic (exact) mass is 143 g/mol. The summed E-state index contributed by atoms with van der Waals surface area (Å²) in [6.07, 6.45) is 8.60. The van der Waals surface area contributed by atoms with Crippen LogP contribution < -0.4 is 18.9 Å². The molecule has 1 rings (SSSR count). The first kappa shape index (κ1) is 11.0. The van der Waals surface area contributed by atoms with E-state index in [1.54, 1.807) is 0 Å². The van der Waals surface area contributed by atoms with Crippen molar-refractivity contribution < 1.29 is 18.9 Å². The Hall–Kier alpha value is 0.0374. The van der Waals surface area contributed by atoms with Crippen LogP contribution in [-0.4, -0.2) is 25.0 Å². The maximum atomic E-state index is 3.30. The average molecular weight is 143 g/mol. The summed E-state index contributed by atoms with van der Waals surface area (Å²) in [5.41, 5.74) is 1.32. The number of rotatable bonds is 2. The summed E-state index contributed by atoms with van der Waals surface area (Å²) in [7, 11) is 4.18. The molecule has 1 aliphatic rings. The number of allylic oxidation sites excluding steroid dienone is 2. The van der Waals surface area contributed by atoms with E-state index < -0.39 is 0 Å². The molecule has 0 amide bonds. The van der Waals surface area contributed by atoms with Gasteiger partial charge >= 0.3 is 18.9 Å². The summed E-state index contributed by atoms with van der Waals surface area (Å²) in [4.78, 5) is 2.19. The second-order valence-corrected chi connectivity index (χ2v) is 2.88. The van der Waals surface area contributed by atoms with Gasteiger partial charge in [-0.1, -0.05) is 0 Å². The summed E-state index contributed by atoms with van der Waals surface area (Å²) in [6, 6.07) is 0.513. The van der Waals surface area contributed by atoms with Crippen molar-refractivity contribution in [3.05, 3.63) is 23.8 Å². The molecule has 2 heteroatoms. The molecule has 0 fully saturated rings. The van der Waals surface area contributed by atoms with E-state index in [1.165, 1.54) is 5.57 Å². The molecule has 0 aromatic carbocycles. The molecule has 0 radical (unpaired) electrons. The molecule has 0 aromatic heterocycles. The molecule has 0 aromatic rings. The zero-order chi connectivity index (χ0) is 7.56. The molecule has 1 nitrogen and oxygen atoms in total. The Kier molecular flexibility index (Phi) is 4.84. The van der Waals surface area contributed by atoms with Crippen LogP contribution in [0.15, 0.2) is 17.7 Å². The second-order valence-electron chi connectivity index (χ2n) is 2.88. The zero-order valence-electron chi connectivity index (χ0n) is 7.89. The predicted molar refractivity (Wildman–Crippen MR) is 43.7 cm³/mol. The molecular formula is C9H14LiN. The van der Waals surface area contributed by atoms with E-state index in [2.05, 4.69) is 44.1 Å². The van der Waals surface area contributed by atoms with Gasteiger partial charge < -0.3 is 4.90 Å². The number of nitrogens with zero attached hydrogens (tertiary/aromatic N) is 1. The van der Waals surface area contributed by atoms with Gasteiger partial charge in [-0.2, -0.15) is 6.08 Å². The topological polar surface area (TPSA) is 3.24 Å². The standard InChI is InChI=1S/C9H14N.Li/c1-8(10(2)3)9-6-4-5-7-9;/h4,6,8H,5H2,1-3H3;/q-1;+1. The van der Waals surface area contributed by atoms with Crippen molar-refractivity contribution in [3.63, 3.8) is 0 Å². The van der Waals surface area contributed by atoms with Crippen LogP contribution in [-0.2, 0) is 0 Å². The fourth-order valence-electron chi connectivity index (χ4n) is 0.987. The normalized spacial score (nSPS) is 18.0. The van der Waals surface area contributed by atoms with Crippen LogP contribution in [0.1, 0.15) is 13.3 Å². The Morgan fingerprint density at radius 1 is 1.55 bits per heavy atom. The number of hydrogen-bond donors (Lipinski definition) is 0. The van der Waals surface area contributed by atoms with Gasteiger partial charge in [0.1, 0.15) is 0 Å². The summed E-state index contributed by atoms with van der Waals surface area (Å²) in [5, 5.41) is 0. The molecule has 1 atom stereocenters. The Labute approximate surface area is 81.3 Å². The molecule has 0 saturated carbocycles. The van der Waals surface area contributed by atoms with Gasteiger partial charge in [-0.3, -0.25) is 6.08 Å². The minimum absolute atomic E-state index is 0. The molecule has 1 aliphatic carbocycles. The molecule has 0 spiro atoms.